The minimum Gasteiger partial charge on any atom is -0.496 e. The molecule has 134 valence electrons. The average Bonchev–Trinajstić information content (AvgIpc) is 2.64. The maximum absolute atomic E-state index is 5.76. The van der Waals surface area contributed by atoms with Crippen LogP contribution < -0.4 is 14.8 Å². The molecule has 0 unspecified atom stereocenters. The van der Waals surface area contributed by atoms with Crippen molar-refractivity contribution in [1.82, 2.24) is 10.2 Å². The molecule has 1 aromatic rings. The molecular weight excluding hydrogens is 368 g/mol. The van der Waals surface area contributed by atoms with Crippen molar-refractivity contribution in [2.75, 3.05) is 40.4 Å². The van der Waals surface area contributed by atoms with Gasteiger partial charge in [0.05, 0.1) is 18.7 Å². The van der Waals surface area contributed by atoms with Crippen LogP contribution in [0.5, 0.6) is 11.5 Å². The van der Waals surface area contributed by atoms with Gasteiger partial charge in [-0.15, -0.1) is 0 Å². The van der Waals surface area contributed by atoms with Crippen molar-refractivity contribution in [2.24, 2.45) is 5.92 Å². The summed E-state index contributed by atoms with van der Waals surface area (Å²) < 4.78 is 12.3. The number of nitrogens with one attached hydrogen (secondary N) is 1. The van der Waals surface area contributed by atoms with E-state index in [0.29, 0.717) is 12.0 Å². The molecule has 1 saturated carbocycles. The van der Waals surface area contributed by atoms with Gasteiger partial charge >= 0.3 is 0 Å². The molecule has 5 heteroatoms. The molecule has 0 radical (unpaired) electrons. The fourth-order valence-corrected chi connectivity index (χ4v) is 4.76. The summed E-state index contributed by atoms with van der Waals surface area (Å²) in [7, 11) is 3.50. The van der Waals surface area contributed by atoms with Crippen LogP contribution in [0, 0.1) is 5.92 Å². The Hall–Kier alpha value is -0.780. The first-order chi connectivity index (χ1) is 11.7. The Morgan fingerprint density at radius 3 is 2.33 bits per heavy atom. The van der Waals surface area contributed by atoms with Gasteiger partial charge in [-0.1, -0.05) is 19.3 Å². The second kappa shape index (κ2) is 8.54. The van der Waals surface area contributed by atoms with Crippen LogP contribution in [0.4, 0.5) is 0 Å². The minimum atomic E-state index is 0.421. The molecule has 3 rings (SSSR count). The Bertz CT molecular complexity index is 522. The molecule has 0 aromatic heterocycles. The third-order valence-electron chi connectivity index (χ3n) is 5.46. The Kier molecular flexibility index (Phi) is 6.42. The normalized spacial score (nSPS) is 21.5. The maximum atomic E-state index is 5.76. The molecular formula is C19H29BrN2O2. The van der Waals surface area contributed by atoms with Crippen molar-refractivity contribution < 1.29 is 9.47 Å². The van der Waals surface area contributed by atoms with E-state index in [1.165, 1.54) is 37.7 Å². The third-order valence-corrected chi connectivity index (χ3v) is 6.08. The number of rotatable bonds is 5. The number of hydrogen-bond acceptors (Lipinski definition) is 4. The lowest BCUT2D eigenvalue weighted by molar-refractivity contribution is 0.101. The zero-order valence-electron chi connectivity index (χ0n) is 14.8. The van der Waals surface area contributed by atoms with E-state index in [4.69, 9.17) is 9.47 Å². The summed E-state index contributed by atoms with van der Waals surface area (Å²) in [6.45, 7) is 4.34. The van der Waals surface area contributed by atoms with E-state index in [0.717, 1.165) is 42.2 Å². The van der Waals surface area contributed by atoms with Gasteiger partial charge in [-0.05, 0) is 46.8 Å². The van der Waals surface area contributed by atoms with Crippen LogP contribution in [0.2, 0.25) is 0 Å². The highest BCUT2D eigenvalue weighted by Crippen LogP contribution is 2.44. The van der Waals surface area contributed by atoms with Crippen LogP contribution in [0.25, 0.3) is 0 Å². The summed E-state index contributed by atoms with van der Waals surface area (Å²) in [6.07, 6.45) is 6.71. The Morgan fingerprint density at radius 2 is 1.71 bits per heavy atom. The van der Waals surface area contributed by atoms with Crippen molar-refractivity contribution in [3.05, 3.63) is 22.2 Å². The Balaban J connectivity index is 1.99. The first kappa shape index (κ1) is 18.0. The summed E-state index contributed by atoms with van der Waals surface area (Å²) >= 11 is 3.59. The van der Waals surface area contributed by atoms with Crippen LogP contribution in [0.3, 0.4) is 0 Å². The number of hydrogen-bond donors (Lipinski definition) is 1. The third kappa shape index (κ3) is 3.89. The molecule has 0 amide bonds. The molecule has 1 aliphatic heterocycles. The largest absolute Gasteiger partial charge is 0.496 e. The van der Waals surface area contributed by atoms with Gasteiger partial charge in [0.15, 0.2) is 0 Å². The van der Waals surface area contributed by atoms with Crippen molar-refractivity contribution in [3.8, 4) is 11.5 Å². The molecule has 1 aromatic carbocycles. The zero-order valence-corrected chi connectivity index (χ0v) is 16.4. The highest BCUT2D eigenvalue weighted by atomic mass is 79.9. The van der Waals surface area contributed by atoms with Crippen molar-refractivity contribution >= 4 is 15.9 Å². The van der Waals surface area contributed by atoms with Gasteiger partial charge in [-0.3, -0.25) is 4.90 Å². The van der Waals surface area contributed by atoms with Crippen LogP contribution in [0.1, 0.15) is 43.7 Å². The van der Waals surface area contributed by atoms with Gasteiger partial charge in [0.1, 0.15) is 11.5 Å². The smallest absolute Gasteiger partial charge is 0.133 e. The molecule has 0 spiro atoms. The molecule has 0 bridgehead atoms. The summed E-state index contributed by atoms with van der Waals surface area (Å²) in [6, 6.07) is 4.67. The highest BCUT2D eigenvalue weighted by molar-refractivity contribution is 9.10. The molecule has 1 heterocycles. The molecule has 1 N–H and O–H groups in total. The molecule has 4 nitrogen and oxygen atoms in total. The molecule has 2 fully saturated rings. The van der Waals surface area contributed by atoms with E-state index in [1.54, 1.807) is 14.2 Å². The van der Waals surface area contributed by atoms with Gasteiger partial charge in [-0.2, -0.15) is 0 Å². The van der Waals surface area contributed by atoms with Crippen LogP contribution in [-0.4, -0.2) is 45.3 Å². The molecule has 1 saturated heterocycles. The summed E-state index contributed by atoms with van der Waals surface area (Å²) in [5.74, 6) is 2.56. The van der Waals surface area contributed by atoms with E-state index in [-0.39, 0.29) is 0 Å². The molecule has 24 heavy (non-hydrogen) atoms. The monoisotopic (exact) mass is 396 g/mol. The van der Waals surface area contributed by atoms with Crippen LogP contribution in [0.15, 0.2) is 16.6 Å². The second-order valence-electron chi connectivity index (χ2n) is 6.86. The number of benzene rings is 1. The predicted octanol–water partition coefficient (Wildman–Crippen LogP) is 3.99. The lowest BCUT2D eigenvalue weighted by Gasteiger charge is -2.41. The SMILES string of the molecule is COc1cc([C@@H](C2CCCCC2)N2CCNCC2)c(OC)cc1Br. The Labute approximate surface area is 154 Å². The molecule has 1 atom stereocenters. The summed E-state index contributed by atoms with van der Waals surface area (Å²) in [5, 5.41) is 3.48. The molecule has 1 aliphatic carbocycles. The average molecular weight is 397 g/mol. The number of ether oxygens (including phenoxy) is 2. The summed E-state index contributed by atoms with van der Waals surface area (Å²) in [4.78, 5) is 2.65. The van der Waals surface area contributed by atoms with Gasteiger partial charge in [0.2, 0.25) is 0 Å². The number of nitrogens with zero attached hydrogens (tertiary/aromatic N) is 1. The van der Waals surface area contributed by atoms with E-state index in [2.05, 4.69) is 38.3 Å². The van der Waals surface area contributed by atoms with Crippen molar-refractivity contribution in [2.45, 2.75) is 38.1 Å². The first-order valence-electron chi connectivity index (χ1n) is 9.10. The van der Waals surface area contributed by atoms with Gasteiger partial charge in [0, 0.05) is 37.8 Å². The maximum Gasteiger partial charge on any atom is 0.133 e. The predicted molar refractivity (Wildman–Crippen MR) is 101 cm³/mol. The van der Waals surface area contributed by atoms with Crippen molar-refractivity contribution in [3.63, 3.8) is 0 Å². The van der Waals surface area contributed by atoms with Crippen molar-refractivity contribution in [1.29, 1.82) is 0 Å². The van der Waals surface area contributed by atoms with E-state index < -0.39 is 0 Å². The van der Waals surface area contributed by atoms with Crippen LogP contribution >= 0.6 is 15.9 Å². The highest BCUT2D eigenvalue weighted by Gasteiger charge is 2.33. The number of halogens is 1. The van der Waals surface area contributed by atoms with E-state index >= 15 is 0 Å². The lowest BCUT2D eigenvalue weighted by Crippen LogP contribution is -2.47. The fraction of sp³-hybridized carbons (Fsp3) is 0.684. The number of methoxy groups -OCH3 is 2. The van der Waals surface area contributed by atoms with Gasteiger partial charge in [-0.25, -0.2) is 0 Å². The quantitative estimate of drug-likeness (QED) is 0.815. The van der Waals surface area contributed by atoms with E-state index in [9.17, 15) is 0 Å². The topological polar surface area (TPSA) is 33.7 Å². The lowest BCUT2D eigenvalue weighted by atomic mass is 9.79. The fourth-order valence-electron chi connectivity index (χ4n) is 4.27. The Morgan fingerprint density at radius 1 is 1.04 bits per heavy atom. The standard InChI is InChI=1S/C19H29BrN2O2/c1-23-17-13-16(20)18(24-2)12-15(17)19(14-6-4-3-5-7-14)22-10-8-21-9-11-22/h12-14,19,21H,3-11H2,1-2H3/t19-/m1/s1. The van der Waals surface area contributed by atoms with Gasteiger partial charge in [0.25, 0.3) is 0 Å². The second-order valence-corrected chi connectivity index (χ2v) is 7.71. The molecule has 2 aliphatic rings. The van der Waals surface area contributed by atoms with Gasteiger partial charge < -0.3 is 14.8 Å². The van der Waals surface area contributed by atoms with E-state index in [1.807, 2.05) is 0 Å². The minimum absolute atomic E-state index is 0.421. The first-order valence-corrected chi connectivity index (χ1v) is 9.90. The summed E-state index contributed by atoms with van der Waals surface area (Å²) in [5.41, 5.74) is 1.28. The van der Waals surface area contributed by atoms with Crippen LogP contribution in [-0.2, 0) is 0 Å². The zero-order chi connectivity index (χ0) is 16.9. The number of piperazine rings is 1.